The summed E-state index contributed by atoms with van der Waals surface area (Å²) in [5.74, 6) is 0.824. The summed E-state index contributed by atoms with van der Waals surface area (Å²) in [6.07, 6.45) is 3.52. The first-order valence-corrected chi connectivity index (χ1v) is 8.80. The highest BCUT2D eigenvalue weighted by atomic mass is 16.1. The van der Waals surface area contributed by atoms with Gasteiger partial charge in [-0.25, -0.2) is 9.67 Å². The van der Waals surface area contributed by atoms with Crippen molar-refractivity contribution >= 4 is 23.4 Å². The van der Waals surface area contributed by atoms with Gasteiger partial charge in [0.05, 0.1) is 12.1 Å². The number of carbonyl (C=O) groups is 1. The molecule has 28 heavy (non-hydrogen) atoms. The smallest absolute Gasteiger partial charge is 0.246 e. The monoisotopic (exact) mass is 370 g/mol. The van der Waals surface area contributed by atoms with Crippen LogP contribution in [0.2, 0.25) is 0 Å². The molecule has 138 valence electrons. The summed E-state index contributed by atoms with van der Waals surface area (Å²) < 4.78 is 1.62. The number of benzene rings is 2. The van der Waals surface area contributed by atoms with Crippen LogP contribution in [-0.2, 0) is 11.2 Å². The number of carbonyl (C=O) groups excluding carboxylic acids is 1. The summed E-state index contributed by atoms with van der Waals surface area (Å²) in [5, 5.41) is 10.4. The Labute approximate surface area is 162 Å². The van der Waals surface area contributed by atoms with Crippen molar-refractivity contribution in [3.05, 3.63) is 90.9 Å². The van der Waals surface area contributed by atoms with E-state index in [2.05, 4.69) is 25.7 Å². The molecule has 0 aliphatic heterocycles. The van der Waals surface area contributed by atoms with Gasteiger partial charge >= 0.3 is 0 Å². The highest BCUT2D eigenvalue weighted by Crippen LogP contribution is 2.15. The summed E-state index contributed by atoms with van der Waals surface area (Å²) in [6, 6.07) is 22.8. The molecule has 0 spiro atoms. The molecule has 2 N–H and O–H groups in total. The molecule has 0 atom stereocenters. The molecule has 0 aliphatic carbocycles. The predicted octanol–water partition coefficient (Wildman–Crippen LogP) is 3.59. The van der Waals surface area contributed by atoms with Gasteiger partial charge in [-0.05, 0) is 23.8 Å². The maximum Gasteiger partial charge on any atom is 0.246 e. The lowest BCUT2D eigenvalue weighted by Gasteiger charge is -2.06. The Morgan fingerprint density at radius 3 is 2.46 bits per heavy atom. The minimum absolute atomic E-state index is 0.124. The van der Waals surface area contributed by atoms with Crippen molar-refractivity contribution in [1.29, 1.82) is 0 Å². The number of hydrogen-bond donors (Lipinski definition) is 2. The molecule has 4 aromatic rings. The molecule has 1 amide bonds. The first-order valence-electron chi connectivity index (χ1n) is 8.80. The average molecular weight is 370 g/mol. The van der Waals surface area contributed by atoms with Crippen LogP contribution in [0.5, 0.6) is 0 Å². The predicted molar refractivity (Wildman–Crippen MR) is 108 cm³/mol. The Balaban J connectivity index is 1.44. The van der Waals surface area contributed by atoms with Gasteiger partial charge in [-0.15, -0.1) is 5.10 Å². The van der Waals surface area contributed by atoms with Crippen LogP contribution < -0.4 is 10.6 Å². The van der Waals surface area contributed by atoms with Gasteiger partial charge in [0.2, 0.25) is 11.9 Å². The summed E-state index contributed by atoms with van der Waals surface area (Å²) in [5.41, 5.74) is 2.60. The fraction of sp³-hybridized carbons (Fsp3) is 0.0476. The molecule has 4 rings (SSSR count). The van der Waals surface area contributed by atoms with E-state index in [1.54, 1.807) is 29.3 Å². The topological polar surface area (TPSA) is 84.7 Å². The third-order valence-electron chi connectivity index (χ3n) is 4.00. The second-order valence-corrected chi connectivity index (χ2v) is 6.11. The van der Waals surface area contributed by atoms with E-state index in [9.17, 15) is 4.79 Å². The minimum Gasteiger partial charge on any atom is -0.323 e. The summed E-state index contributed by atoms with van der Waals surface area (Å²) in [7, 11) is 0. The Morgan fingerprint density at radius 2 is 1.68 bits per heavy atom. The lowest BCUT2D eigenvalue weighted by molar-refractivity contribution is -0.115. The molecule has 2 heterocycles. The number of pyridine rings is 1. The molecule has 0 saturated heterocycles. The van der Waals surface area contributed by atoms with Crippen LogP contribution in [-0.4, -0.2) is 25.7 Å². The Hall–Kier alpha value is -4.00. The number of aromatic nitrogens is 4. The quantitative estimate of drug-likeness (QED) is 0.542. The van der Waals surface area contributed by atoms with Crippen LogP contribution in [0.15, 0.2) is 85.3 Å². The molecule has 0 saturated carbocycles. The van der Waals surface area contributed by atoms with E-state index in [-0.39, 0.29) is 5.91 Å². The maximum absolute atomic E-state index is 12.2. The second kappa shape index (κ2) is 8.13. The van der Waals surface area contributed by atoms with Gasteiger partial charge in [-0.2, -0.15) is 4.98 Å². The first-order chi connectivity index (χ1) is 13.8. The zero-order valence-corrected chi connectivity index (χ0v) is 15.0. The van der Waals surface area contributed by atoms with Crippen LogP contribution >= 0.6 is 0 Å². The van der Waals surface area contributed by atoms with Crippen LogP contribution in [0.3, 0.4) is 0 Å². The zero-order valence-electron chi connectivity index (χ0n) is 15.0. The van der Waals surface area contributed by atoms with E-state index in [1.807, 2.05) is 60.7 Å². The van der Waals surface area contributed by atoms with E-state index >= 15 is 0 Å². The van der Waals surface area contributed by atoms with Crippen molar-refractivity contribution in [2.24, 2.45) is 0 Å². The van der Waals surface area contributed by atoms with Crippen molar-refractivity contribution in [2.45, 2.75) is 6.42 Å². The number of rotatable bonds is 6. The number of anilines is 3. The molecule has 2 aromatic heterocycles. The van der Waals surface area contributed by atoms with E-state index in [4.69, 9.17) is 0 Å². The highest BCUT2D eigenvalue weighted by molar-refractivity contribution is 5.91. The minimum atomic E-state index is -0.124. The van der Waals surface area contributed by atoms with Gasteiger partial charge in [0.15, 0.2) is 0 Å². The van der Waals surface area contributed by atoms with Gasteiger partial charge in [0.1, 0.15) is 12.1 Å². The van der Waals surface area contributed by atoms with Crippen LogP contribution in [0.25, 0.3) is 5.69 Å². The molecule has 0 bridgehead atoms. The number of nitrogens with one attached hydrogen (secondary N) is 2. The standard InChI is InChI=1S/C21H18N6O/c28-20(13-16-7-3-1-4-8-16)25-19-14-18(11-12-22-19)27-15-23-21(26-27)24-17-9-5-2-6-10-17/h1-12,14-15H,13H2,(H,24,26)(H,22,25,28). The fourth-order valence-electron chi connectivity index (χ4n) is 2.69. The summed E-state index contributed by atoms with van der Waals surface area (Å²) in [4.78, 5) is 20.7. The van der Waals surface area contributed by atoms with Crippen molar-refractivity contribution in [3.63, 3.8) is 0 Å². The lowest BCUT2D eigenvalue weighted by atomic mass is 10.1. The number of amides is 1. The van der Waals surface area contributed by atoms with Crippen molar-refractivity contribution in [2.75, 3.05) is 10.6 Å². The molecule has 0 radical (unpaired) electrons. The Morgan fingerprint density at radius 1 is 0.929 bits per heavy atom. The molecule has 0 unspecified atom stereocenters. The van der Waals surface area contributed by atoms with Crippen molar-refractivity contribution in [1.82, 2.24) is 19.7 Å². The average Bonchev–Trinajstić information content (AvgIpc) is 3.18. The van der Waals surface area contributed by atoms with E-state index in [0.29, 0.717) is 18.2 Å². The van der Waals surface area contributed by atoms with Crippen LogP contribution in [0, 0.1) is 0 Å². The Kier molecular flexibility index (Phi) is 5.06. The van der Waals surface area contributed by atoms with E-state index in [0.717, 1.165) is 16.9 Å². The number of hydrogen-bond acceptors (Lipinski definition) is 5. The Bertz CT molecular complexity index is 1060. The zero-order chi connectivity index (χ0) is 19.2. The van der Waals surface area contributed by atoms with E-state index in [1.165, 1.54) is 0 Å². The highest BCUT2D eigenvalue weighted by Gasteiger charge is 2.08. The first kappa shape index (κ1) is 17.4. The van der Waals surface area contributed by atoms with Crippen molar-refractivity contribution in [3.8, 4) is 5.69 Å². The normalized spacial score (nSPS) is 10.4. The van der Waals surface area contributed by atoms with Gasteiger partial charge in [-0.1, -0.05) is 48.5 Å². The van der Waals surface area contributed by atoms with Crippen LogP contribution in [0.4, 0.5) is 17.5 Å². The molecule has 0 aliphatic rings. The fourth-order valence-corrected chi connectivity index (χ4v) is 2.69. The largest absolute Gasteiger partial charge is 0.323 e. The lowest BCUT2D eigenvalue weighted by Crippen LogP contribution is -2.15. The van der Waals surface area contributed by atoms with Gasteiger partial charge < -0.3 is 10.6 Å². The molecular weight excluding hydrogens is 352 g/mol. The van der Waals surface area contributed by atoms with Gasteiger partial charge in [-0.3, -0.25) is 4.79 Å². The summed E-state index contributed by atoms with van der Waals surface area (Å²) >= 11 is 0. The molecule has 0 fully saturated rings. The second-order valence-electron chi connectivity index (χ2n) is 6.11. The maximum atomic E-state index is 12.2. The third-order valence-corrected chi connectivity index (χ3v) is 4.00. The molecular formula is C21H18N6O. The molecule has 7 nitrogen and oxygen atoms in total. The molecule has 7 heteroatoms. The number of nitrogens with zero attached hydrogens (tertiary/aromatic N) is 4. The molecule has 2 aromatic carbocycles. The van der Waals surface area contributed by atoms with Gasteiger partial charge in [0, 0.05) is 18.0 Å². The summed E-state index contributed by atoms with van der Waals surface area (Å²) in [6.45, 7) is 0. The van der Waals surface area contributed by atoms with Crippen molar-refractivity contribution < 1.29 is 4.79 Å². The van der Waals surface area contributed by atoms with Gasteiger partial charge in [0.25, 0.3) is 0 Å². The van der Waals surface area contributed by atoms with Crippen LogP contribution in [0.1, 0.15) is 5.56 Å². The van der Waals surface area contributed by atoms with E-state index < -0.39 is 0 Å². The third kappa shape index (κ3) is 4.39. The SMILES string of the molecule is O=C(Cc1ccccc1)Nc1cc(-n2cnc(Nc3ccccc3)n2)ccn1. The number of para-hydroxylation sites is 1.